The number of halogens is 1. The molecule has 4 heteroatoms. The molecule has 1 aromatic heterocycles. The summed E-state index contributed by atoms with van der Waals surface area (Å²) in [6.45, 7) is 0.781. The summed E-state index contributed by atoms with van der Waals surface area (Å²) in [5.74, 6) is 0. The number of rotatable bonds is 5. The van der Waals surface area contributed by atoms with Gasteiger partial charge in [0.1, 0.15) is 0 Å². The number of thiophene rings is 1. The minimum absolute atomic E-state index is 0.0368. The van der Waals surface area contributed by atoms with Crippen molar-refractivity contribution in [2.75, 3.05) is 6.61 Å². The van der Waals surface area contributed by atoms with Crippen LogP contribution in [-0.4, -0.2) is 11.7 Å². The summed E-state index contributed by atoms with van der Waals surface area (Å²) in [7, 11) is 0. The Hall–Kier alpha value is -0.870. The zero-order valence-corrected chi connectivity index (χ0v) is 10.8. The molecule has 0 bridgehead atoms. The Kier molecular flexibility index (Phi) is 4.57. The SMILES string of the molecule is OCC(NCc1cccs1)c1ccccc1Cl. The maximum atomic E-state index is 9.41. The molecule has 0 aliphatic heterocycles. The van der Waals surface area contributed by atoms with Gasteiger partial charge >= 0.3 is 0 Å². The Balaban J connectivity index is 2.04. The van der Waals surface area contributed by atoms with E-state index in [1.165, 1.54) is 4.88 Å². The van der Waals surface area contributed by atoms with Crippen LogP contribution in [0.15, 0.2) is 41.8 Å². The molecule has 2 N–H and O–H groups in total. The van der Waals surface area contributed by atoms with Crippen LogP contribution in [0.3, 0.4) is 0 Å². The van der Waals surface area contributed by atoms with Crippen molar-refractivity contribution in [1.82, 2.24) is 5.32 Å². The Morgan fingerprint density at radius 2 is 2.06 bits per heavy atom. The van der Waals surface area contributed by atoms with Gasteiger partial charge in [0, 0.05) is 16.4 Å². The van der Waals surface area contributed by atoms with E-state index in [4.69, 9.17) is 11.6 Å². The number of benzene rings is 1. The first-order chi connectivity index (χ1) is 8.31. The van der Waals surface area contributed by atoms with Gasteiger partial charge in [0.15, 0.2) is 0 Å². The number of aliphatic hydroxyl groups excluding tert-OH is 1. The number of nitrogens with one attached hydrogen (secondary N) is 1. The first-order valence-corrected chi connectivity index (χ1v) is 6.68. The van der Waals surface area contributed by atoms with E-state index in [9.17, 15) is 5.11 Å². The van der Waals surface area contributed by atoms with E-state index < -0.39 is 0 Å². The molecular weight excluding hydrogens is 254 g/mol. The second-order valence-electron chi connectivity index (χ2n) is 3.72. The second-order valence-corrected chi connectivity index (χ2v) is 5.16. The van der Waals surface area contributed by atoms with Gasteiger partial charge in [-0.05, 0) is 23.1 Å². The average molecular weight is 268 g/mol. The molecule has 2 rings (SSSR count). The van der Waals surface area contributed by atoms with Crippen molar-refractivity contribution in [1.29, 1.82) is 0 Å². The lowest BCUT2D eigenvalue weighted by molar-refractivity contribution is 0.244. The molecule has 0 spiro atoms. The molecule has 0 aliphatic carbocycles. The van der Waals surface area contributed by atoms with Gasteiger partial charge in [0.05, 0.1) is 12.6 Å². The van der Waals surface area contributed by atoms with Gasteiger partial charge in [-0.2, -0.15) is 0 Å². The van der Waals surface area contributed by atoms with Crippen LogP contribution in [-0.2, 0) is 6.54 Å². The Bertz CT molecular complexity index is 458. The van der Waals surface area contributed by atoms with Crippen LogP contribution < -0.4 is 5.32 Å². The van der Waals surface area contributed by atoms with E-state index in [0.29, 0.717) is 5.02 Å². The van der Waals surface area contributed by atoms with E-state index in [-0.39, 0.29) is 12.6 Å². The van der Waals surface area contributed by atoms with Crippen molar-refractivity contribution >= 4 is 22.9 Å². The van der Waals surface area contributed by atoms with Crippen molar-refractivity contribution in [3.63, 3.8) is 0 Å². The van der Waals surface area contributed by atoms with Crippen molar-refractivity contribution in [2.24, 2.45) is 0 Å². The first-order valence-electron chi connectivity index (χ1n) is 5.42. The molecule has 0 aliphatic rings. The minimum atomic E-state index is -0.120. The predicted molar refractivity (Wildman–Crippen MR) is 72.4 cm³/mol. The maximum Gasteiger partial charge on any atom is 0.0627 e. The molecule has 2 nitrogen and oxygen atoms in total. The summed E-state index contributed by atoms with van der Waals surface area (Å²) in [5, 5.41) is 15.4. The first kappa shape index (κ1) is 12.6. The van der Waals surface area contributed by atoms with Crippen LogP contribution >= 0.6 is 22.9 Å². The van der Waals surface area contributed by atoms with Crippen LogP contribution in [0.4, 0.5) is 0 Å². The van der Waals surface area contributed by atoms with Crippen LogP contribution in [0.25, 0.3) is 0 Å². The van der Waals surface area contributed by atoms with E-state index >= 15 is 0 Å². The van der Waals surface area contributed by atoms with Crippen molar-refractivity contribution in [3.05, 3.63) is 57.2 Å². The largest absolute Gasteiger partial charge is 0.394 e. The smallest absolute Gasteiger partial charge is 0.0627 e. The molecule has 0 radical (unpaired) electrons. The predicted octanol–water partition coefficient (Wildman–Crippen LogP) is 3.22. The van der Waals surface area contributed by atoms with Gasteiger partial charge in [-0.15, -0.1) is 11.3 Å². The normalized spacial score (nSPS) is 12.6. The number of hydrogen-bond acceptors (Lipinski definition) is 3. The van der Waals surface area contributed by atoms with Crippen LogP contribution in [0.1, 0.15) is 16.5 Å². The van der Waals surface area contributed by atoms with Crippen molar-refractivity contribution in [2.45, 2.75) is 12.6 Å². The van der Waals surface area contributed by atoms with E-state index in [0.717, 1.165) is 12.1 Å². The highest BCUT2D eigenvalue weighted by Crippen LogP contribution is 2.22. The molecule has 1 unspecified atom stereocenters. The lowest BCUT2D eigenvalue weighted by Gasteiger charge is -2.17. The van der Waals surface area contributed by atoms with E-state index in [1.54, 1.807) is 11.3 Å². The van der Waals surface area contributed by atoms with Crippen molar-refractivity contribution < 1.29 is 5.11 Å². The molecule has 2 aromatic rings. The number of hydrogen-bond donors (Lipinski definition) is 2. The highest BCUT2D eigenvalue weighted by Gasteiger charge is 2.12. The van der Waals surface area contributed by atoms with Crippen LogP contribution in [0, 0.1) is 0 Å². The molecule has 0 fully saturated rings. The highest BCUT2D eigenvalue weighted by atomic mass is 35.5. The van der Waals surface area contributed by atoms with Gasteiger partial charge in [-0.3, -0.25) is 0 Å². The zero-order valence-electron chi connectivity index (χ0n) is 9.27. The van der Waals surface area contributed by atoms with Crippen molar-refractivity contribution in [3.8, 4) is 0 Å². The Morgan fingerprint density at radius 3 is 2.71 bits per heavy atom. The molecule has 1 atom stereocenters. The topological polar surface area (TPSA) is 32.3 Å². The Morgan fingerprint density at radius 1 is 1.24 bits per heavy atom. The third-order valence-electron chi connectivity index (χ3n) is 2.57. The quantitative estimate of drug-likeness (QED) is 0.872. The minimum Gasteiger partial charge on any atom is -0.394 e. The standard InChI is InChI=1S/C13H14ClNOS/c14-12-6-2-1-5-11(12)13(9-16)15-8-10-4-3-7-17-10/h1-7,13,15-16H,8-9H2. The summed E-state index contributed by atoms with van der Waals surface area (Å²) in [6.07, 6.45) is 0. The lowest BCUT2D eigenvalue weighted by Crippen LogP contribution is -2.23. The molecule has 1 aromatic carbocycles. The molecule has 1 heterocycles. The van der Waals surface area contributed by atoms with Crippen LogP contribution in [0.5, 0.6) is 0 Å². The third-order valence-corrected chi connectivity index (χ3v) is 3.79. The molecule has 0 amide bonds. The van der Waals surface area contributed by atoms with Gasteiger partial charge in [0.25, 0.3) is 0 Å². The molecule has 17 heavy (non-hydrogen) atoms. The van der Waals surface area contributed by atoms with Gasteiger partial charge < -0.3 is 10.4 Å². The summed E-state index contributed by atoms with van der Waals surface area (Å²) in [4.78, 5) is 1.25. The van der Waals surface area contributed by atoms with Gasteiger partial charge in [0.2, 0.25) is 0 Å². The summed E-state index contributed by atoms with van der Waals surface area (Å²) >= 11 is 7.81. The van der Waals surface area contributed by atoms with Gasteiger partial charge in [-0.25, -0.2) is 0 Å². The lowest BCUT2D eigenvalue weighted by atomic mass is 10.1. The van der Waals surface area contributed by atoms with Gasteiger partial charge in [-0.1, -0.05) is 35.9 Å². The van der Waals surface area contributed by atoms with E-state index in [1.807, 2.05) is 35.7 Å². The second kappa shape index (κ2) is 6.17. The summed E-state index contributed by atoms with van der Waals surface area (Å²) < 4.78 is 0. The monoisotopic (exact) mass is 267 g/mol. The third kappa shape index (κ3) is 3.30. The average Bonchev–Trinajstić information content (AvgIpc) is 2.85. The molecule has 90 valence electrons. The Labute approximate surface area is 110 Å². The van der Waals surface area contributed by atoms with Crippen LogP contribution in [0.2, 0.25) is 5.02 Å². The number of aliphatic hydroxyl groups is 1. The maximum absolute atomic E-state index is 9.41. The fourth-order valence-electron chi connectivity index (χ4n) is 1.67. The highest BCUT2D eigenvalue weighted by molar-refractivity contribution is 7.09. The summed E-state index contributed by atoms with van der Waals surface area (Å²) in [6, 6.07) is 11.6. The summed E-state index contributed by atoms with van der Waals surface area (Å²) in [5.41, 5.74) is 0.938. The zero-order chi connectivity index (χ0) is 12.1. The fraction of sp³-hybridized carbons (Fsp3) is 0.231. The molecule has 0 saturated heterocycles. The van der Waals surface area contributed by atoms with E-state index in [2.05, 4.69) is 11.4 Å². The molecular formula is C13H14ClNOS. The fourth-order valence-corrected chi connectivity index (χ4v) is 2.59. The molecule has 0 saturated carbocycles.